The van der Waals surface area contributed by atoms with Gasteiger partial charge in [-0.25, -0.2) is 9.97 Å². The molecule has 118 valence electrons. The van der Waals surface area contributed by atoms with E-state index in [1.807, 2.05) is 6.07 Å². The number of nitrogens with one attached hydrogen (secondary N) is 1. The summed E-state index contributed by atoms with van der Waals surface area (Å²) < 4.78 is 0. The molecule has 0 aromatic carbocycles. The summed E-state index contributed by atoms with van der Waals surface area (Å²) in [5, 5.41) is 12.7. The van der Waals surface area contributed by atoms with E-state index in [4.69, 9.17) is 4.98 Å². The number of hydrogen-bond donors (Lipinski definition) is 2. The van der Waals surface area contributed by atoms with Crippen LogP contribution in [0.2, 0.25) is 0 Å². The summed E-state index contributed by atoms with van der Waals surface area (Å²) in [7, 11) is 0. The summed E-state index contributed by atoms with van der Waals surface area (Å²) >= 11 is 0. The summed E-state index contributed by atoms with van der Waals surface area (Å²) in [6.45, 7) is 11.6. The van der Waals surface area contributed by atoms with Gasteiger partial charge >= 0.3 is 0 Å². The second kappa shape index (κ2) is 6.60. The lowest BCUT2D eigenvalue weighted by Crippen LogP contribution is -2.25. The largest absolute Gasteiger partial charge is 0.396 e. The van der Waals surface area contributed by atoms with Crippen molar-refractivity contribution in [2.75, 3.05) is 36.5 Å². The number of aromatic nitrogens is 2. The van der Waals surface area contributed by atoms with Crippen LogP contribution in [-0.4, -0.2) is 41.3 Å². The highest BCUT2D eigenvalue weighted by molar-refractivity contribution is 5.50. The Balaban J connectivity index is 2.27. The van der Waals surface area contributed by atoms with E-state index in [0.717, 1.165) is 49.9 Å². The van der Waals surface area contributed by atoms with Crippen LogP contribution in [0.25, 0.3) is 0 Å². The molecule has 1 unspecified atom stereocenters. The highest BCUT2D eigenvalue weighted by Crippen LogP contribution is 2.27. The van der Waals surface area contributed by atoms with E-state index in [-0.39, 0.29) is 12.0 Å². The van der Waals surface area contributed by atoms with E-state index in [2.05, 4.69) is 42.9 Å². The number of hydrogen-bond acceptors (Lipinski definition) is 5. The van der Waals surface area contributed by atoms with Crippen molar-refractivity contribution in [1.29, 1.82) is 0 Å². The van der Waals surface area contributed by atoms with Gasteiger partial charge in [0.2, 0.25) is 0 Å². The number of rotatable bonds is 5. The molecule has 1 aromatic rings. The molecule has 21 heavy (non-hydrogen) atoms. The van der Waals surface area contributed by atoms with Crippen LogP contribution in [0.3, 0.4) is 0 Å². The van der Waals surface area contributed by atoms with Gasteiger partial charge in [0, 0.05) is 43.6 Å². The van der Waals surface area contributed by atoms with Gasteiger partial charge in [0.05, 0.1) is 0 Å². The van der Waals surface area contributed by atoms with Gasteiger partial charge in [-0.15, -0.1) is 0 Å². The second-order valence-corrected chi connectivity index (χ2v) is 6.90. The zero-order chi connectivity index (χ0) is 15.5. The van der Waals surface area contributed by atoms with Gasteiger partial charge in [-0.2, -0.15) is 0 Å². The molecule has 0 bridgehead atoms. The molecule has 1 aromatic heterocycles. The second-order valence-electron chi connectivity index (χ2n) is 6.90. The third-order valence-corrected chi connectivity index (χ3v) is 3.81. The maximum absolute atomic E-state index is 9.31. The summed E-state index contributed by atoms with van der Waals surface area (Å²) in [5.41, 5.74) is -0.0746. The van der Waals surface area contributed by atoms with Crippen molar-refractivity contribution < 1.29 is 5.11 Å². The fourth-order valence-electron chi connectivity index (χ4n) is 2.47. The lowest BCUT2D eigenvalue weighted by molar-refractivity contribution is 0.238. The molecule has 1 fully saturated rings. The van der Waals surface area contributed by atoms with Crippen LogP contribution in [0.15, 0.2) is 6.07 Å². The summed E-state index contributed by atoms with van der Waals surface area (Å²) in [5.74, 6) is 3.11. The minimum atomic E-state index is -0.0746. The van der Waals surface area contributed by atoms with Crippen LogP contribution in [0.1, 0.15) is 46.4 Å². The Morgan fingerprint density at radius 3 is 2.71 bits per heavy atom. The first-order chi connectivity index (χ1) is 9.94. The normalized spacial score (nSPS) is 19.1. The molecule has 5 nitrogen and oxygen atoms in total. The van der Waals surface area contributed by atoms with Gasteiger partial charge in [0.25, 0.3) is 0 Å². The monoisotopic (exact) mass is 292 g/mol. The number of aliphatic hydroxyl groups is 1. The van der Waals surface area contributed by atoms with E-state index in [0.29, 0.717) is 5.92 Å². The first-order valence-electron chi connectivity index (χ1n) is 7.93. The lowest BCUT2D eigenvalue weighted by Gasteiger charge is -2.23. The van der Waals surface area contributed by atoms with E-state index >= 15 is 0 Å². The zero-order valence-electron chi connectivity index (χ0n) is 13.7. The molecule has 2 heterocycles. The van der Waals surface area contributed by atoms with E-state index in [1.54, 1.807) is 0 Å². The summed E-state index contributed by atoms with van der Waals surface area (Å²) in [6, 6.07) is 2.03. The first kappa shape index (κ1) is 16.0. The standard InChI is InChI=1S/C16H28N4O/c1-5-7-17-13-9-14(19-15(18-13)16(2,3)4)20-8-6-12(10-20)11-21/h9,12,21H,5-8,10-11H2,1-4H3,(H,17,18,19). The molecule has 2 rings (SSSR count). The highest BCUT2D eigenvalue weighted by Gasteiger charge is 2.25. The molecule has 2 N–H and O–H groups in total. The average molecular weight is 292 g/mol. The predicted molar refractivity (Wildman–Crippen MR) is 86.9 cm³/mol. The van der Waals surface area contributed by atoms with Crippen LogP contribution in [-0.2, 0) is 5.41 Å². The summed E-state index contributed by atoms with van der Waals surface area (Å²) in [4.78, 5) is 11.7. The van der Waals surface area contributed by atoms with Crippen LogP contribution in [0.5, 0.6) is 0 Å². The molecular weight excluding hydrogens is 264 g/mol. The van der Waals surface area contributed by atoms with Crippen molar-refractivity contribution in [2.45, 2.75) is 46.0 Å². The highest BCUT2D eigenvalue weighted by atomic mass is 16.3. The van der Waals surface area contributed by atoms with Crippen molar-refractivity contribution in [2.24, 2.45) is 5.92 Å². The minimum absolute atomic E-state index is 0.0746. The van der Waals surface area contributed by atoms with Gasteiger partial charge in [-0.3, -0.25) is 0 Å². The third-order valence-electron chi connectivity index (χ3n) is 3.81. The van der Waals surface area contributed by atoms with Gasteiger partial charge in [-0.1, -0.05) is 27.7 Å². The predicted octanol–water partition coefficient (Wildman–Crippen LogP) is 2.41. The fraction of sp³-hybridized carbons (Fsp3) is 0.750. The third kappa shape index (κ3) is 4.06. The van der Waals surface area contributed by atoms with Crippen LogP contribution in [0.4, 0.5) is 11.6 Å². The maximum Gasteiger partial charge on any atom is 0.138 e. The van der Waals surface area contributed by atoms with Crippen molar-refractivity contribution >= 4 is 11.6 Å². The Morgan fingerprint density at radius 1 is 1.38 bits per heavy atom. The quantitative estimate of drug-likeness (QED) is 0.872. The van der Waals surface area contributed by atoms with Gasteiger partial charge in [-0.05, 0) is 12.8 Å². The molecule has 0 radical (unpaired) electrons. The molecule has 1 atom stereocenters. The molecule has 1 aliphatic heterocycles. The molecular formula is C16H28N4O. The summed E-state index contributed by atoms with van der Waals surface area (Å²) in [6.07, 6.45) is 2.10. The molecule has 1 saturated heterocycles. The molecule has 0 saturated carbocycles. The fourth-order valence-corrected chi connectivity index (χ4v) is 2.47. The SMILES string of the molecule is CCCNc1cc(N2CCC(CO)C2)nc(C(C)(C)C)n1. The van der Waals surface area contributed by atoms with E-state index in [9.17, 15) is 5.11 Å². The Hall–Kier alpha value is -1.36. The Bertz CT molecular complexity index is 470. The topological polar surface area (TPSA) is 61.3 Å². The molecule has 5 heteroatoms. The molecule has 0 aliphatic carbocycles. The van der Waals surface area contributed by atoms with Gasteiger partial charge in [0.1, 0.15) is 17.5 Å². The zero-order valence-corrected chi connectivity index (χ0v) is 13.7. The number of aliphatic hydroxyl groups excluding tert-OH is 1. The Labute approximate surface area is 127 Å². The molecule has 1 aliphatic rings. The van der Waals surface area contributed by atoms with E-state index < -0.39 is 0 Å². The maximum atomic E-state index is 9.31. The number of anilines is 2. The smallest absolute Gasteiger partial charge is 0.138 e. The van der Waals surface area contributed by atoms with Crippen LogP contribution in [0, 0.1) is 5.92 Å². The van der Waals surface area contributed by atoms with Crippen molar-refractivity contribution in [3.05, 3.63) is 11.9 Å². The Kier molecular flexibility index (Phi) is 5.04. The van der Waals surface area contributed by atoms with E-state index in [1.165, 1.54) is 0 Å². The van der Waals surface area contributed by atoms with Gasteiger partial charge < -0.3 is 15.3 Å². The Morgan fingerprint density at radius 2 is 2.14 bits per heavy atom. The lowest BCUT2D eigenvalue weighted by atomic mass is 9.96. The van der Waals surface area contributed by atoms with Gasteiger partial charge in [0.15, 0.2) is 0 Å². The van der Waals surface area contributed by atoms with Crippen molar-refractivity contribution in [3.8, 4) is 0 Å². The van der Waals surface area contributed by atoms with Crippen LogP contribution >= 0.6 is 0 Å². The van der Waals surface area contributed by atoms with Crippen LogP contribution < -0.4 is 10.2 Å². The minimum Gasteiger partial charge on any atom is -0.396 e. The first-order valence-corrected chi connectivity index (χ1v) is 7.93. The van der Waals surface area contributed by atoms with Crippen molar-refractivity contribution in [1.82, 2.24) is 9.97 Å². The average Bonchev–Trinajstić information content (AvgIpc) is 2.93. The molecule has 0 spiro atoms. The number of nitrogens with zero attached hydrogens (tertiary/aromatic N) is 3. The van der Waals surface area contributed by atoms with Crippen molar-refractivity contribution in [3.63, 3.8) is 0 Å². The molecule has 0 amide bonds.